The van der Waals surface area contributed by atoms with E-state index in [0.717, 1.165) is 5.56 Å². The minimum Gasteiger partial charge on any atom is -0.480 e. The second kappa shape index (κ2) is 5.43. The molecule has 0 fully saturated rings. The Balaban J connectivity index is 2.10. The molecule has 0 saturated heterocycles. The van der Waals surface area contributed by atoms with E-state index in [1.54, 1.807) is 30.3 Å². The van der Waals surface area contributed by atoms with Crippen molar-refractivity contribution in [3.8, 4) is 5.75 Å². The molecule has 1 atom stereocenters. The Labute approximate surface area is 131 Å². The van der Waals surface area contributed by atoms with Gasteiger partial charge in [-0.05, 0) is 29.8 Å². The first-order valence-corrected chi connectivity index (χ1v) is 6.97. The van der Waals surface area contributed by atoms with Crippen LogP contribution in [-0.4, -0.2) is 11.1 Å². The van der Waals surface area contributed by atoms with Gasteiger partial charge in [-0.2, -0.15) is 0 Å². The molecule has 0 aliphatic carbocycles. The summed E-state index contributed by atoms with van der Waals surface area (Å²) in [6, 6.07) is 12.2. The zero-order valence-corrected chi connectivity index (χ0v) is 12.2. The third-order valence-corrected chi connectivity index (χ3v) is 3.99. The second-order valence-corrected chi connectivity index (χ2v) is 5.43. The number of rotatable bonds is 2. The van der Waals surface area contributed by atoms with Crippen LogP contribution in [-0.2, 0) is 4.79 Å². The van der Waals surface area contributed by atoms with Gasteiger partial charge in [0.05, 0.1) is 15.6 Å². The lowest BCUT2D eigenvalue weighted by Crippen LogP contribution is -2.20. The third-order valence-electron chi connectivity index (χ3n) is 3.25. The molecule has 0 radical (unpaired) electrons. The largest absolute Gasteiger partial charge is 0.480 e. The van der Waals surface area contributed by atoms with E-state index in [1.165, 1.54) is 0 Å². The van der Waals surface area contributed by atoms with Crippen molar-refractivity contribution < 1.29 is 14.6 Å². The summed E-state index contributed by atoms with van der Waals surface area (Å²) < 4.78 is 5.84. The van der Waals surface area contributed by atoms with Crippen molar-refractivity contribution in [1.29, 1.82) is 0 Å². The molecular weight excluding hydrogens is 311 g/mol. The van der Waals surface area contributed by atoms with E-state index < -0.39 is 12.1 Å². The summed E-state index contributed by atoms with van der Waals surface area (Å²) in [5, 5.41) is 10.2. The van der Waals surface area contributed by atoms with E-state index in [1.807, 2.05) is 18.2 Å². The first kappa shape index (κ1) is 14.0. The zero-order valence-electron chi connectivity index (χ0n) is 10.7. The fourth-order valence-electron chi connectivity index (χ4n) is 2.24. The average molecular weight is 321 g/mol. The van der Waals surface area contributed by atoms with Gasteiger partial charge in [0.15, 0.2) is 6.10 Å². The summed E-state index contributed by atoms with van der Waals surface area (Å²) in [7, 11) is 0. The van der Waals surface area contributed by atoms with Crippen molar-refractivity contribution in [3.63, 3.8) is 0 Å². The molecule has 1 aliphatic heterocycles. The fraction of sp³-hybridized carbons (Fsp3) is 0.0625. The van der Waals surface area contributed by atoms with Crippen LogP contribution in [0.25, 0.3) is 6.08 Å². The highest BCUT2D eigenvalue weighted by molar-refractivity contribution is 6.42. The summed E-state index contributed by atoms with van der Waals surface area (Å²) in [5.41, 5.74) is 1.55. The fourth-order valence-corrected chi connectivity index (χ4v) is 2.54. The van der Waals surface area contributed by atoms with Gasteiger partial charge in [0.25, 0.3) is 0 Å². The van der Waals surface area contributed by atoms with E-state index in [-0.39, 0.29) is 5.57 Å². The summed E-state index contributed by atoms with van der Waals surface area (Å²) in [4.78, 5) is 11.5. The van der Waals surface area contributed by atoms with Crippen molar-refractivity contribution >= 4 is 35.2 Å². The molecule has 0 spiro atoms. The molecule has 0 saturated carbocycles. The number of fused-ring (bicyclic) bond motifs is 1. The number of halogens is 2. The molecule has 1 heterocycles. The predicted molar refractivity (Wildman–Crippen MR) is 81.9 cm³/mol. The SMILES string of the molecule is O=C(O)C1=Cc2ccccc2OC1c1ccc(Cl)c(Cl)c1. The average Bonchev–Trinajstić information content (AvgIpc) is 2.48. The predicted octanol–water partition coefficient (Wildman–Crippen LogP) is 4.60. The van der Waals surface area contributed by atoms with Gasteiger partial charge in [-0.1, -0.05) is 47.5 Å². The lowest BCUT2D eigenvalue weighted by molar-refractivity contribution is -0.133. The molecule has 1 unspecified atom stereocenters. The van der Waals surface area contributed by atoms with E-state index >= 15 is 0 Å². The van der Waals surface area contributed by atoms with E-state index in [0.29, 0.717) is 21.4 Å². The van der Waals surface area contributed by atoms with Crippen molar-refractivity contribution in [2.75, 3.05) is 0 Å². The number of para-hydroxylation sites is 1. The third kappa shape index (κ3) is 2.62. The molecule has 2 aromatic rings. The van der Waals surface area contributed by atoms with Gasteiger partial charge in [0, 0.05) is 5.56 Å². The Bertz CT molecular complexity index is 753. The molecule has 21 heavy (non-hydrogen) atoms. The van der Waals surface area contributed by atoms with Gasteiger partial charge in [0.2, 0.25) is 0 Å². The molecule has 0 amide bonds. The molecule has 0 bridgehead atoms. The smallest absolute Gasteiger partial charge is 0.335 e. The number of hydrogen-bond acceptors (Lipinski definition) is 2. The van der Waals surface area contributed by atoms with Crippen LogP contribution in [0.3, 0.4) is 0 Å². The lowest BCUT2D eigenvalue weighted by atomic mass is 9.96. The van der Waals surface area contributed by atoms with Crippen LogP contribution in [0.2, 0.25) is 10.0 Å². The molecule has 3 rings (SSSR count). The molecule has 1 N–H and O–H groups in total. The number of carboxylic acids is 1. The quantitative estimate of drug-likeness (QED) is 0.879. The number of benzene rings is 2. The number of carbonyl (C=O) groups is 1. The number of aliphatic carboxylic acids is 1. The number of carboxylic acid groups (broad SMARTS) is 1. The van der Waals surface area contributed by atoms with Crippen LogP contribution >= 0.6 is 23.2 Å². The molecule has 0 aromatic heterocycles. The van der Waals surface area contributed by atoms with Gasteiger partial charge < -0.3 is 9.84 Å². The molecule has 106 valence electrons. The van der Waals surface area contributed by atoms with Crippen molar-refractivity contribution in [2.24, 2.45) is 0 Å². The molecule has 5 heteroatoms. The molecule has 2 aromatic carbocycles. The molecule has 1 aliphatic rings. The van der Waals surface area contributed by atoms with Gasteiger partial charge in [-0.25, -0.2) is 4.79 Å². The second-order valence-electron chi connectivity index (χ2n) is 4.61. The first-order chi connectivity index (χ1) is 10.1. The Morgan fingerprint density at radius 3 is 2.57 bits per heavy atom. The molecule has 3 nitrogen and oxygen atoms in total. The van der Waals surface area contributed by atoms with Gasteiger partial charge in [-0.15, -0.1) is 0 Å². The van der Waals surface area contributed by atoms with Crippen LogP contribution in [0.15, 0.2) is 48.0 Å². The monoisotopic (exact) mass is 320 g/mol. The Morgan fingerprint density at radius 2 is 1.86 bits per heavy atom. The van der Waals surface area contributed by atoms with Crippen molar-refractivity contribution in [3.05, 3.63) is 69.2 Å². The standard InChI is InChI=1S/C16H10Cl2O3/c17-12-6-5-10(8-13(12)18)15-11(16(19)20)7-9-3-1-2-4-14(9)21-15/h1-8,15H,(H,19,20). The summed E-state index contributed by atoms with van der Waals surface area (Å²) in [6.07, 6.45) is 0.904. The summed E-state index contributed by atoms with van der Waals surface area (Å²) >= 11 is 11.9. The maximum absolute atomic E-state index is 11.5. The first-order valence-electron chi connectivity index (χ1n) is 6.22. The van der Waals surface area contributed by atoms with Crippen molar-refractivity contribution in [2.45, 2.75) is 6.10 Å². The van der Waals surface area contributed by atoms with Crippen molar-refractivity contribution in [1.82, 2.24) is 0 Å². The number of hydrogen-bond donors (Lipinski definition) is 1. The van der Waals surface area contributed by atoms with Gasteiger partial charge in [-0.3, -0.25) is 0 Å². The van der Waals surface area contributed by atoms with E-state index in [4.69, 9.17) is 27.9 Å². The van der Waals surface area contributed by atoms with Crippen LogP contribution in [0.4, 0.5) is 0 Å². The Hall–Kier alpha value is -1.97. The number of ether oxygens (including phenoxy) is 1. The minimum atomic E-state index is -1.03. The Kier molecular flexibility index (Phi) is 3.62. The van der Waals surface area contributed by atoms with Crippen LogP contribution < -0.4 is 4.74 Å². The van der Waals surface area contributed by atoms with Gasteiger partial charge in [0.1, 0.15) is 5.75 Å². The highest BCUT2D eigenvalue weighted by Gasteiger charge is 2.29. The summed E-state index contributed by atoms with van der Waals surface area (Å²) in [6.45, 7) is 0. The minimum absolute atomic E-state index is 0.159. The summed E-state index contributed by atoms with van der Waals surface area (Å²) in [5.74, 6) is -0.390. The lowest BCUT2D eigenvalue weighted by Gasteiger charge is -2.25. The normalized spacial score (nSPS) is 16.7. The Morgan fingerprint density at radius 1 is 1.10 bits per heavy atom. The maximum Gasteiger partial charge on any atom is 0.335 e. The van der Waals surface area contributed by atoms with Gasteiger partial charge >= 0.3 is 5.97 Å². The van der Waals surface area contributed by atoms with Crippen LogP contribution in [0.1, 0.15) is 17.2 Å². The zero-order chi connectivity index (χ0) is 15.0. The van der Waals surface area contributed by atoms with E-state index in [9.17, 15) is 9.90 Å². The van der Waals surface area contributed by atoms with E-state index in [2.05, 4.69) is 0 Å². The highest BCUT2D eigenvalue weighted by Crippen LogP contribution is 2.38. The van der Waals surface area contributed by atoms with Crippen LogP contribution in [0, 0.1) is 0 Å². The highest BCUT2D eigenvalue weighted by atomic mass is 35.5. The molecular formula is C16H10Cl2O3. The van der Waals surface area contributed by atoms with Crippen LogP contribution in [0.5, 0.6) is 5.75 Å². The maximum atomic E-state index is 11.5. The topological polar surface area (TPSA) is 46.5 Å².